The Kier molecular flexibility index (Phi) is 5.19. The van der Waals surface area contributed by atoms with E-state index >= 15 is 0 Å². The third-order valence-corrected chi connectivity index (χ3v) is 6.38. The second kappa shape index (κ2) is 7.16. The van der Waals surface area contributed by atoms with Crippen LogP contribution in [0.3, 0.4) is 0 Å². The maximum absolute atomic E-state index is 12.8. The molecule has 1 saturated carbocycles. The molecular formula is C17H28N4OS. The molecule has 3 rings (SSSR count). The van der Waals surface area contributed by atoms with Crippen molar-refractivity contribution >= 4 is 17.8 Å². The summed E-state index contributed by atoms with van der Waals surface area (Å²) < 4.78 is 0. The number of amides is 2. The van der Waals surface area contributed by atoms with Crippen LogP contribution in [-0.4, -0.2) is 44.7 Å². The van der Waals surface area contributed by atoms with E-state index in [1.165, 1.54) is 17.7 Å². The first-order valence-corrected chi connectivity index (χ1v) is 9.85. The van der Waals surface area contributed by atoms with Gasteiger partial charge in [0.05, 0.1) is 11.7 Å². The SMILES string of the molecule is CCS[C@@H]1CC[C@@H](NC(=O)N2CCC[C@@H]2c2c(C)n[nH]c2C)C1. The van der Waals surface area contributed by atoms with E-state index in [-0.39, 0.29) is 12.1 Å². The van der Waals surface area contributed by atoms with Crippen LogP contribution in [0.2, 0.25) is 0 Å². The second-order valence-electron chi connectivity index (χ2n) is 6.74. The van der Waals surface area contributed by atoms with E-state index in [1.54, 1.807) is 0 Å². The summed E-state index contributed by atoms with van der Waals surface area (Å²) in [4.78, 5) is 14.8. The minimum Gasteiger partial charge on any atom is -0.335 e. The zero-order valence-corrected chi connectivity index (χ0v) is 15.2. The van der Waals surface area contributed by atoms with Crippen molar-refractivity contribution in [2.75, 3.05) is 12.3 Å². The van der Waals surface area contributed by atoms with Gasteiger partial charge in [0, 0.05) is 29.1 Å². The molecule has 2 N–H and O–H groups in total. The van der Waals surface area contributed by atoms with Crippen molar-refractivity contribution in [1.82, 2.24) is 20.4 Å². The van der Waals surface area contributed by atoms with Gasteiger partial charge < -0.3 is 10.2 Å². The van der Waals surface area contributed by atoms with E-state index in [9.17, 15) is 4.79 Å². The molecule has 23 heavy (non-hydrogen) atoms. The Balaban J connectivity index is 1.63. The van der Waals surface area contributed by atoms with Gasteiger partial charge in [0.15, 0.2) is 0 Å². The van der Waals surface area contributed by atoms with E-state index in [0.29, 0.717) is 6.04 Å². The molecular weight excluding hydrogens is 308 g/mol. The smallest absolute Gasteiger partial charge is 0.318 e. The highest BCUT2D eigenvalue weighted by atomic mass is 32.2. The molecule has 0 aromatic carbocycles. The molecule has 128 valence electrons. The number of aromatic amines is 1. The molecule has 0 unspecified atom stereocenters. The number of hydrogen-bond acceptors (Lipinski definition) is 3. The Bertz CT molecular complexity index is 539. The average molecular weight is 337 g/mol. The van der Waals surface area contributed by atoms with Crippen LogP contribution in [-0.2, 0) is 0 Å². The lowest BCUT2D eigenvalue weighted by Crippen LogP contribution is -2.44. The summed E-state index contributed by atoms with van der Waals surface area (Å²) in [6, 6.07) is 0.634. The second-order valence-corrected chi connectivity index (χ2v) is 8.31. The number of nitrogens with zero attached hydrogens (tertiary/aromatic N) is 2. The van der Waals surface area contributed by atoms with Gasteiger partial charge in [-0.3, -0.25) is 5.10 Å². The van der Waals surface area contributed by atoms with Crippen LogP contribution in [0.5, 0.6) is 0 Å². The van der Waals surface area contributed by atoms with E-state index in [1.807, 2.05) is 30.5 Å². The molecule has 2 fully saturated rings. The minimum atomic E-state index is 0.111. The molecule has 0 spiro atoms. The van der Waals surface area contributed by atoms with Crippen molar-refractivity contribution in [3.8, 4) is 0 Å². The fraction of sp³-hybridized carbons (Fsp3) is 0.765. The molecule has 2 heterocycles. The Morgan fingerprint density at radius 1 is 1.39 bits per heavy atom. The number of likely N-dealkylation sites (tertiary alicyclic amines) is 1. The number of aromatic nitrogens is 2. The summed E-state index contributed by atoms with van der Waals surface area (Å²) in [5, 5.41) is 11.4. The molecule has 0 bridgehead atoms. The molecule has 1 aliphatic heterocycles. The van der Waals surface area contributed by atoms with Crippen LogP contribution in [0.25, 0.3) is 0 Å². The lowest BCUT2D eigenvalue weighted by molar-refractivity contribution is 0.189. The molecule has 1 aliphatic carbocycles. The van der Waals surface area contributed by atoms with E-state index in [4.69, 9.17) is 0 Å². The van der Waals surface area contributed by atoms with Gasteiger partial charge in [-0.1, -0.05) is 6.92 Å². The molecule has 1 aromatic rings. The lowest BCUT2D eigenvalue weighted by atomic mass is 10.0. The van der Waals surface area contributed by atoms with Gasteiger partial charge >= 0.3 is 6.03 Å². The van der Waals surface area contributed by atoms with Crippen molar-refractivity contribution in [2.45, 2.75) is 70.2 Å². The molecule has 2 amide bonds. The lowest BCUT2D eigenvalue weighted by Gasteiger charge is -2.27. The third kappa shape index (κ3) is 3.52. The Morgan fingerprint density at radius 2 is 2.22 bits per heavy atom. The predicted octanol–water partition coefficient (Wildman–Crippen LogP) is 3.55. The van der Waals surface area contributed by atoms with Gasteiger partial charge in [-0.25, -0.2) is 4.79 Å². The summed E-state index contributed by atoms with van der Waals surface area (Å²) in [6.45, 7) is 7.13. The van der Waals surface area contributed by atoms with Crippen molar-refractivity contribution in [1.29, 1.82) is 0 Å². The average Bonchev–Trinajstić information content (AvgIpc) is 3.21. The van der Waals surface area contributed by atoms with Crippen molar-refractivity contribution in [3.05, 3.63) is 17.0 Å². The molecule has 1 aromatic heterocycles. The summed E-state index contributed by atoms with van der Waals surface area (Å²) in [5.41, 5.74) is 3.32. The number of urea groups is 1. The van der Waals surface area contributed by atoms with Crippen LogP contribution in [0, 0.1) is 13.8 Å². The van der Waals surface area contributed by atoms with Gasteiger partial charge in [-0.15, -0.1) is 0 Å². The first-order valence-electron chi connectivity index (χ1n) is 8.80. The monoisotopic (exact) mass is 336 g/mol. The van der Waals surface area contributed by atoms with Crippen LogP contribution in [0.4, 0.5) is 4.79 Å². The number of nitrogens with one attached hydrogen (secondary N) is 2. The van der Waals surface area contributed by atoms with Crippen molar-refractivity contribution < 1.29 is 4.79 Å². The molecule has 5 nitrogen and oxygen atoms in total. The molecule has 3 atom stereocenters. The van der Waals surface area contributed by atoms with E-state index in [2.05, 4.69) is 22.4 Å². The van der Waals surface area contributed by atoms with Gasteiger partial charge in [0.25, 0.3) is 0 Å². The number of H-pyrrole nitrogens is 1. The van der Waals surface area contributed by atoms with Gasteiger partial charge in [0.2, 0.25) is 0 Å². The Morgan fingerprint density at radius 3 is 2.91 bits per heavy atom. The molecule has 2 aliphatic rings. The maximum Gasteiger partial charge on any atom is 0.318 e. The van der Waals surface area contributed by atoms with Gasteiger partial charge in [-0.2, -0.15) is 16.9 Å². The van der Waals surface area contributed by atoms with Gasteiger partial charge in [0.1, 0.15) is 0 Å². The standard InChI is InChI=1S/C17H28N4OS/c1-4-23-14-8-7-13(10-14)18-17(22)21-9-5-6-15(21)16-11(2)19-20-12(16)3/h13-15H,4-10H2,1-3H3,(H,18,22)(H,19,20)/t13-,14-,15-/m1/s1. The zero-order chi connectivity index (χ0) is 16.4. The van der Waals surface area contributed by atoms with E-state index < -0.39 is 0 Å². The fourth-order valence-electron chi connectivity index (χ4n) is 4.08. The number of hydrogen-bond donors (Lipinski definition) is 2. The zero-order valence-electron chi connectivity index (χ0n) is 14.4. The third-order valence-electron chi connectivity index (χ3n) is 5.15. The number of thioether (sulfide) groups is 1. The van der Waals surface area contributed by atoms with Crippen LogP contribution < -0.4 is 5.32 Å². The summed E-state index contributed by atoms with van der Waals surface area (Å²) >= 11 is 2.03. The highest BCUT2D eigenvalue weighted by Crippen LogP contribution is 2.35. The van der Waals surface area contributed by atoms with Crippen LogP contribution >= 0.6 is 11.8 Å². The van der Waals surface area contributed by atoms with Crippen LogP contribution in [0.1, 0.15) is 62.0 Å². The molecule has 1 saturated heterocycles. The highest BCUT2D eigenvalue weighted by molar-refractivity contribution is 7.99. The normalized spacial score (nSPS) is 27.6. The Labute approximate surface area is 143 Å². The predicted molar refractivity (Wildman–Crippen MR) is 94.8 cm³/mol. The first kappa shape index (κ1) is 16.7. The minimum absolute atomic E-state index is 0.111. The molecule has 0 radical (unpaired) electrons. The number of carbonyl (C=O) groups is 1. The summed E-state index contributed by atoms with van der Waals surface area (Å²) in [7, 11) is 0. The largest absolute Gasteiger partial charge is 0.335 e. The first-order chi connectivity index (χ1) is 11.1. The summed E-state index contributed by atoms with van der Waals surface area (Å²) in [6.07, 6.45) is 5.57. The quantitative estimate of drug-likeness (QED) is 0.884. The highest BCUT2D eigenvalue weighted by Gasteiger charge is 2.35. The van der Waals surface area contributed by atoms with E-state index in [0.717, 1.165) is 48.9 Å². The maximum atomic E-state index is 12.8. The number of aryl methyl sites for hydroxylation is 2. The Hall–Kier alpha value is -1.17. The van der Waals surface area contributed by atoms with Crippen molar-refractivity contribution in [2.24, 2.45) is 0 Å². The van der Waals surface area contributed by atoms with Crippen molar-refractivity contribution in [3.63, 3.8) is 0 Å². The summed E-state index contributed by atoms with van der Waals surface area (Å²) in [5.74, 6) is 1.17. The fourth-order valence-corrected chi connectivity index (χ4v) is 5.22. The van der Waals surface area contributed by atoms with Crippen LogP contribution in [0.15, 0.2) is 0 Å². The number of rotatable bonds is 4. The van der Waals surface area contributed by atoms with Gasteiger partial charge in [-0.05, 0) is 51.7 Å². The number of carbonyl (C=O) groups excluding carboxylic acids is 1. The molecule has 6 heteroatoms. The topological polar surface area (TPSA) is 61.0 Å².